The van der Waals surface area contributed by atoms with Crippen molar-refractivity contribution in [3.05, 3.63) is 0 Å². The van der Waals surface area contributed by atoms with Crippen molar-refractivity contribution in [2.45, 2.75) is 20.8 Å². The van der Waals surface area contributed by atoms with E-state index < -0.39 is 16.3 Å². The molecule has 1 amide bonds. The number of carboxylic acid groups (broad SMARTS) is 1. The van der Waals surface area contributed by atoms with Gasteiger partial charge in [-0.05, 0) is 6.92 Å². The molecule has 0 aliphatic heterocycles. The molecule has 0 aliphatic rings. The Kier molecular flexibility index (Phi) is 4.86. The lowest BCUT2D eigenvalue weighted by atomic mass is 10.7. The topological polar surface area (TPSA) is 77.9 Å². The third-order valence-corrected chi connectivity index (χ3v) is 3.95. The van der Waals surface area contributed by atoms with E-state index in [0.29, 0.717) is 4.31 Å². The Morgan fingerprint density at radius 3 is 1.79 bits per heavy atom. The summed E-state index contributed by atoms with van der Waals surface area (Å²) in [5.41, 5.74) is 0. The third kappa shape index (κ3) is 2.58. The maximum atomic E-state index is 11.6. The number of carbonyl (C=O) groups is 1. The normalized spacial score (nSPS) is 11.7. The largest absolute Gasteiger partial charge is 0.464 e. The minimum atomic E-state index is -3.85. The smallest absolute Gasteiger partial charge is 0.422 e. The molecule has 1 N–H and O–H groups in total. The monoisotopic (exact) mass is 224 g/mol. The van der Waals surface area contributed by atoms with Crippen LogP contribution in [0.3, 0.4) is 0 Å². The Morgan fingerprint density at radius 1 is 1.14 bits per heavy atom. The summed E-state index contributed by atoms with van der Waals surface area (Å²) in [6, 6.07) is 0. The van der Waals surface area contributed by atoms with Crippen LogP contribution < -0.4 is 0 Å². The second-order valence-electron chi connectivity index (χ2n) is 2.54. The molecule has 0 radical (unpaired) electrons. The van der Waals surface area contributed by atoms with Crippen LogP contribution in [0.15, 0.2) is 0 Å². The Hall–Kier alpha value is -0.820. The van der Waals surface area contributed by atoms with Crippen molar-refractivity contribution < 1.29 is 18.3 Å². The van der Waals surface area contributed by atoms with Gasteiger partial charge in [0.2, 0.25) is 0 Å². The molecule has 0 aromatic heterocycles. The molecule has 14 heavy (non-hydrogen) atoms. The van der Waals surface area contributed by atoms with E-state index in [0.717, 1.165) is 4.31 Å². The fraction of sp³-hybridized carbons (Fsp3) is 0.857. The highest BCUT2D eigenvalue weighted by atomic mass is 32.2. The van der Waals surface area contributed by atoms with Gasteiger partial charge in [0, 0.05) is 19.6 Å². The molecule has 0 spiro atoms. The summed E-state index contributed by atoms with van der Waals surface area (Å²) in [5, 5.41) is 8.67. The summed E-state index contributed by atoms with van der Waals surface area (Å²) in [7, 11) is -3.85. The van der Waals surface area contributed by atoms with E-state index in [1.165, 1.54) is 6.92 Å². The molecule has 0 rings (SSSR count). The van der Waals surface area contributed by atoms with Crippen LogP contribution in [0.25, 0.3) is 0 Å². The fourth-order valence-electron chi connectivity index (χ4n) is 1.09. The lowest BCUT2D eigenvalue weighted by Gasteiger charge is -2.25. The van der Waals surface area contributed by atoms with Crippen LogP contribution in [0.4, 0.5) is 4.79 Å². The van der Waals surface area contributed by atoms with Gasteiger partial charge in [-0.3, -0.25) is 0 Å². The maximum Gasteiger partial charge on any atom is 0.422 e. The predicted molar refractivity (Wildman–Crippen MR) is 52.2 cm³/mol. The molecule has 0 bridgehead atoms. The van der Waals surface area contributed by atoms with Crippen LogP contribution >= 0.6 is 0 Å². The summed E-state index contributed by atoms with van der Waals surface area (Å²) in [6.45, 7) is 5.27. The summed E-state index contributed by atoms with van der Waals surface area (Å²) in [4.78, 5) is 10.6. The van der Waals surface area contributed by atoms with Crippen molar-refractivity contribution in [3.63, 3.8) is 0 Å². The van der Waals surface area contributed by atoms with Gasteiger partial charge >= 0.3 is 16.3 Å². The van der Waals surface area contributed by atoms with Crippen LogP contribution in [0.5, 0.6) is 0 Å². The van der Waals surface area contributed by atoms with Crippen LogP contribution in [-0.4, -0.2) is 47.9 Å². The van der Waals surface area contributed by atoms with Gasteiger partial charge in [-0.1, -0.05) is 13.8 Å². The molecule has 0 fully saturated rings. The molecule has 0 aliphatic carbocycles. The number of amides is 1. The first-order chi connectivity index (χ1) is 6.41. The molecule has 6 nitrogen and oxygen atoms in total. The lowest BCUT2D eigenvalue weighted by molar-refractivity contribution is 0.171. The first kappa shape index (κ1) is 13.2. The molecule has 7 heteroatoms. The Morgan fingerprint density at radius 2 is 1.57 bits per heavy atom. The zero-order chi connectivity index (χ0) is 11.4. The van der Waals surface area contributed by atoms with Gasteiger partial charge in [0.05, 0.1) is 0 Å². The molecule has 0 unspecified atom stereocenters. The van der Waals surface area contributed by atoms with Crippen molar-refractivity contribution in [1.29, 1.82) is 0 Å². The van der Waals surface area contributed by atoms with Gasteiger partial charge in [-0.25, -0.2) is 4.79 Å². The molecule has 0 aromatic rings. The number of hydrogen-bond acceptors (Lipinski definition) is 3. The van der Waals surface area contributed by atoms with Gasteiger partial charge in [0.1, 0.15) is 0 Å². The van der Waals surface area contributed by atoms with Crippen molar-refractivity contribution in [3.8, 4) is 0 Å². The van der Waals surface area contributed by atoms with Gasteiger partial charge in [-0.2, -0.15) is 17.0 Å². The molecular formula is C7H16N2O4S. The van der Waals surface area contributed by atoms with Crippen molar-refractivity contribution in [2.24, 2.45) is 0 Å². The van der Waals surface area contributed by atoms with Gasteiger partial charge in [-0.15, -0.1) is 0 Å². The summed E-state index contributed by atoms with van der Waals surface area (Å²) in [5.74, 6) is 0. The van der Waals surface area contributed by atoms with Crippen molar-refractivity contribution >= 4 is 16.3 Å². The molecule has 0 saturated heterocycles. The Labute approximate surface area is 84.3 Å². The second-order valence-corrected chi connectivity index (χ2v) is 4.39. The van der Waals surface area contributed by atoms with Gasteiger partial charge in [0.25, 0.3) is 0 Å². The first-order valence-electron chi connectivity index (χ1n) is 4.42. The quantitative estimate of drug-likeness (QED) is 0.740. The van der Waals surface area contributed by atoms with E-state index >= 15 is 0 Å². The zero-order valence-electron chi connectivity index (χ0n) is 8.60. The molecule has 0 aromatic carbocycles. The third-order valence-electron chi connectivity index (χ3n) is 1.81. The highest BCUT2D eigenvalue weighted by Gasteiger charge is 2.30. The SMILES string of the molecule is CCN(CC)S(=O)(=O)N(CC)C(=O)O. The Bertz CT molecular complexity index is 284. The van der Waals surface area contributed by atoms with E-state index in [-0.39, 0.29) is 19.6 Å². The predicted octanol–water partition coefficient (Wildman–Crippen LogP) is 0.573. The van der Waals surface area contributed by atoms with Crippen LogP contribution in [0.1, 0.15) is 20.8 Å². The van der Waals surface area contributed by atoms with Crippen molar-refractivity contribution in [2.75, 3.05) is 19.6 Å². The molecular weight excluding hydrogens is 208 g/mol. The van der Waals surface area contributed by atoms with Crippen LogP contribution in [0, 0.1) is 0 Å². The van der Waals surface area contributed by atoms with Gasteiger partial charge in [0.15, 0.2) is 0 Å². The molecule has 0 heterocycles. The average Bonchev–Trinajstić information content (AvgIpc) is 2.05. The highest BCUT2D eigenvalue weighted by molar-refractivity contribution is 7.87. The second kappa shape index (κ2) is 5.16. The number of rotatable bonds is 5. The standard InChI is InChI=1S/C7H16N2O4S/c1-4-8(5-2)14(12,13)9(6-3)7(10)11/h4-6H2,1-3H3,(H,10,11). The van der Waals surface area contributed by atoms with Crippen LogP contribution in [-0.2, 0) is 10.2 Å². The first-order valence-corrected chi connectivity index (χ1v) is 5.82. The molecule has 84 valence electrons. The Balaban J connectivity index is 5.00. The lowest BCUT2D eigenvalue weighted by Crippen LogP contribution is -2.46. The van der Waals surface area contributed by atoms with E-state index in [1.54, 1.807) is 13.8 Å². The average molecular weight is 224 g/mol. The van der Waals surface area contributed by atoms with Gasteiger partial charge < -0.3 is 5.11 Å². The highest BCUT2D eigenvalue weighted by Crippen LogP contribution is 2.07. The summed E-state index contributed by atoms with van der Waals surface area (Å²) in [6.07, 6.45) is -1.44. The molecule has 0 saturated carbocycles. The van der Waals surface area contributed by atoms with Crippen LogP contribution in [0.2, 0.25) is 0 Å². The maximum absolute atomic E-state index is 11.6. The summed E-state index contributed by atoms with van der Waals surface area (Å²) < 4.78 is 24.8. The number of hydrogen-bond donors (Lipinski definition) is 1. The van der Waals surface area contributed by atoms with E-state index in [4.69, 9.17) is 5.11 Å². The zero-order valence-corrected chi connectivity index (χ0v) is 9.41. The fourth-order valence-corrected chi connectivity index (χ4v) is 2.54. The molecule has 0 atom stereocenters. The van der Waals surface area contributed by atoms with E-state index in [2.05, 4.69) is 0 Å². The minimum absolute atomic E-state index is 0.0752. The summed E-state index contributed by atoms with van der Waals surface area (Å²) >= 11 is 0. The number of nitrogens with zero attached hydrogens (tertiary/aromatic N) is 2. The van der Waals surface area contributed by atoms with E-state index in [1.807, 2.05) is 0 Å². The van der Waals surface area contributed by atoms with Crippen molar-refractivity contribution in [1.82, 2.24) is 8.61 Å². The van der Waals surface area contributed by atoms with E-state index in [9.17, 15) is 13.2 Å². The minimum Gasteiger partial charge on any atom is -0.464 e.